The molecule has 0 bridgehead atoms. The molecule has 0 saturated heterocycles. The van der Waals surface area contributed by atoms with E-state index in [0.29, 0.717) is 11.1 Å². The molecule has 0 amide bonds. The van der Waals surface area contributed by atoms with Gasteiger partial charge in [0.15, 0.2) is 0 Å². The van der Waals surface area contributed by atoms with Gasteiger partial charge in [-0.1, -0.05) is 48.5 Å². The molecule has 4 N–H and O–H groups in total. The third kappa shape index (κ3) is 3.88. The van der Waals surface area contributed by atoms with Gasteiger partial charge in [0.25, 0.3) is 0 Å². The van der Waals surface area contributed by atoms with E-state index in [1.165, 1.54) is 30.3 Å². The molecule has 0 aliphatic heterocycles. The lowest BCUT2D eigenvalue weighted by Gasteiger charge is -2.22. The van der Waals surface area contributed by atoms with Crippen molar-refractivity contribution in [3.8, 4) is 33.4 Å². The highest BCUT2D eigenvalue weighted by molar-refractivity contribution is 5.95. The van der Waals surface area contributed by atoms with Crippen LogP contribution in [0.25, 0.3) is 33.4 Å². The zero-order chi connectivity index (χ0) is 25.1. The molecule has 0 spiro atoms. The molecule has 1 aliphatic carbocycles. The van der Waals surface area contributed by atoms with E-state index in [4.69, 9.17) is 11.5 Å². The van der Waals surface area contributed by atoms with Crippen LogP contribution in [0.2, 0.25) is 0 Å². The van der Waals surface area contributed by atoms with Crippen LogP contribution in [0, 0.1) is 0 Å². The maximum absolute atomic E-state index is 14.1. The average Bonchev–Trinajstić information content (AvgIpc) is 3.16. The van der Waals surface area contributed by atoms with Crippen LogP contribution >= 0.6 is 0 Å². The zero-order valence-electron chi connectivity index (χ0n) is 18.1. The van der Waals surface area contributed by atoms with Crippen LogP contribution in [0.1, 0.15) is 22.3 Å². The Balaban J connectivity index is 1.90. The molecule has 5 rings (SSSR count). The molecule has 0 atom stereocenters. The Bertz CT molecular complexity index is 1470. The molecule has 8 heteroatoms. The van der Waals surface area contributed by atoms with Gasteiger partial charge in [-0.3, -0.25) is 0 Å². The molecule has 0 unspecified atom stereocenters. The summed E-state index contributed by atoms with van der Waals surface area (Å²) in [6, 6.07) is 17.1. The minimum absolute atomic E-state index is 0.0409. The van der Waals surface area contributed by atoms with E-state index in [2.05, 4.69) is 0 Å². The Morgan fingerprint density at radius 1 is 0.543 bits per heavy atom. The highest BCUT2D eigenvalue weighted by atomic mass is 19.4. The van der Waals surface area contributed by atoms with Crippen LogP contribution in [0.4, 0.5) is 37.7 Å². The van der Waals surface area contributed by atoms with Crippen LogP contribution in [0.3, 0.4) is 0 Å². The first-order chi connectivity index (χ1) is 16.4. The van der Waals surface area contributed by atoms with E-state index >= 15 is 0 Å². The molecular weight excluding hydrogens is 466 g/mol. The van der Waals surface area contributed by atoms with Gasteiger partial charge in [0.1, 0.15) is 0 Å². The molecule has 1 aliphatic rings. The second kappa shape index (κ2) is 7.80. The van der Waals surface area contributed by atoms with Crippen molar-refractivity contribution in [1.82, 2.24) is 0 Å². The van der Waals surface area contributed by atoms with Crippen molar-refractivity contribution in [2.75, 3.05) is 11.5 Å². The van der Waals surface area contributed by atoms with Crippen molar-refractivity contribution in [2.45, 2.75) is 18.8 Å². The molecule has 0 fully saturated rings. The first kappa shape index (κ1) is 22.8. The monoisotopic (exact) mass is 484 g/mol. The van der Waals surface area contributed by atoms with Gasteiger partial charge < -0.3 is 11.5 Å². The zero-order valence-corrected chi connectivity index (χ0v) is 18.1. The van der Waals surface area contributed by atoms with Crippen LogP contribution < -0.4 is 11.5 Å². The number of anilines is 2. The number of nitrogens with two attached hydrogens (primary N) is 2. The van der Waals surface area contributed by atoms with Gasteiger partial charge in [-0.15, -0.1) is 0 Å². The summed E-state index contributed by atoms with van der Waals surface area (Å²) in [5.41, 5.74) is 11.7. The van der Waals surface area contributed by atoms with E-state index in [9.17, 15) is 26.3 Å². The number of hydrogen-bond donors (Lipinski definition) is 2. The summed E-state index contributed by atoms with van der Waals surface area (Å²) in [7, 11) is 0. The summed E-state index contributed by atoms with van der Waals surface area (Å²) >= 11 is 0. The molecule has 178 valence electrons. The summed E-state index contributed by atoms with van der Waals surface area (Å²) in [5.74, 6) is 0. The Kier molecular flexibility index (Phi) is 5.09. The van der Waals surface area contributed by atoms with Crippen LogP contribution in [-0.4, -0.2) is 0 Å². The number of hydrogen-bond acceptors (Lipinski definition) is 2. The molecule has 0 radical (unpaired) electrons. The van der Waals surface area contributed by atoms with Crippen LogP contribution in [-0.2, 0) is 18.8 Å². The minimum atomic E-state index is -4.77. The SMILES string of the molecule is Nc1ccc(-c2ccc3c(c2-c2ccc(N)cc2C(F)(F)F)Cc2ccccc2-3)c(C(F)(F)F)c1. The van der Waals surface area contributed by atoms with Gasteiger partial charge in [0.05, 0.1) is 11.1 Å². The van der Waals surface area contributed by atoms with Crippen molar-refractivity contribution in [2.24, 2.45) is 0 Å². The first-order valence-electron chi connectivity index (χ1n) is 10.6. The van der Waals surface area contributed by atoms with Gasteiger partial charge in [-0.25, -0.2) is 0 Å². The third-order valence-electron chi connectivity index (χ3n) is 6.25. The fourth-order valence-electron chi connectivity index (χ4n) is 4.79. The average molecular weight is 484 g/mol. The fourth-order valence-corrected chi connectivity index (χ4v) is 4.79. The summed E-state index contributed by atoms with van der Waals surface area (Å²) in [6.07, 6.45) is -9.26. The molecule has 0 heterocycles. The van der Waals surface area contributed by atoms with Gasteiger partial charge in [-0.05, 0) is 75.2 Å². The van der Waals surface area contributed by atoms with Gasteiger partial charge >= 0.3 is 12.4 Å². The van der Waals surface area contributed by atoms with E-state index in [1.54, 1.807) is 6.07 Å². The fraction of sp³-hybridized carbons (Fsp3) is 0.111. The minimum Gasteiger partial charge on any atom is -0.399 e. The van der Waals surface area contributed by atoms with E-state index in [1.807, 2.05) is 24.3 Å². The molecule has 4 aromatic carbocycles. The van der Waals surface area contributed by atoms with Gasteiger partial charge in [0, 0.05) is 11.4 Å². The van der Waals surface area contributed by atoms with Crippen LogP contribution in [0.5, 0.6) is 0 Å². The molecule has 35 heavy (non-hydrogen) atoms. The Labute approximate surface area is 196 Å². The number of fused-ring (bicyclic) bond motifs is 3. The number of halogens is 6. The van der Waals surface area contributed by atoms with Crippen molar-refractivity contribution in [1.29, 1.82) is 0 Å². The summed E-state index contributed by atoms with van der Waals surface area (Å²) in [5, 5.41) is 0. The smallest absolute Gasteiger partial charge is 0.399 e. The lowest BCUT2D eigenvalue weighted by molar-refractivity contribution is -0.138. The second-order valence-electron chi connectivity index (χ2n) is 8.45. The molecule has 2 nitrogen and oxygen atoms in total. The summed E-state index contributed by atoms with van der Waals surface area (Å²) < 4.78 is 84.4. The van der Waals surface area contributed by atoms with E-state index in [-0.39, 0.29) is 40.0 Å². The van der Waals surface area contributed by atoms with Crippen molar-refractivity contribution >= 4 is 11.4 Å². The van der Waals surface area contributed by atoms with E-state index in [0.717, 1.165) is 23.3 Å². The van der Waals surface area contributed by atoms with Crippen LogP contribution in [0.15, 0.2) is 72.8 Å². The van der Waals surface area contributed by atoms with E-state index < -0.39 is 23.5 Å². The highest BCUT2D eigenvalue weighted by Gasteiger charge is 2.38. The quantitative estimate of drug-likeness (QED) is 0.198. The predicted octanol–water partition coefficient (Wildman–Crippen LogP) is 7.79. The number of benzene rings is 4. The Morgan fingerprint density at radius 3 is 1.69 bits per heavy atom. The lowest BCUT2D eigenvalue weighted by atomic mass is 9.84. The summed E-state index contributed by atoms with van der Waals surface area (Å²) in [4.78, 5) is 0. The lowest BCUT2D eigenvalue weighted by Crippen LogP contribution is -2.11. The topological polar surface area (TPSA) is 52.0 Å². The molecule has 0 aromatic heterocycles. The Morgan fingerprint density at radius 2 is 1.06 bits per heavy atom. The van der Waals surface area contributed by atoms with Crippen molar-refractivity contribution in [3.63, 3.8) is 0 Å². The highest BCUT2D eigenvalue weighted by Crippen LogP contribution is 2.50. The van der Waals surface area contributed by atoms with Crippen molar-refractivity contribution in [3.05, 3.63) is 95.1 Å². The third-order valence-corrected chi connectivity index (χ3v) is 6.25. The molecule has 0 saturated carbocycles. The number of alkyl halides is 6. The first-order valence-corrected chi connectivity index (χ1v) is 10.6. The largest absolute Gasteiger partial charge is 0.417 e. The normalized spacial score (nSPS) is 13.0. The predicted molar refractivity (Wildman–Crippen MR) is 124 cm³/mol. The summed E-state index contributed by atoms with van der Waals surface area (Å²) in [6.45, 7) is 0. The molecule has 4 aromatic rings. The van der Waals surface area contributed by atoms with Gasteiger partial charge in [0.2, 0.25) is 0 Å². The maximum Gasteiger partial charge on any atom is 0.417 e. The standard InChI is InChI=1S/C27H18F6N2/c28-26(29,30)23-12-15(34)5-7-19(23)20-10-9-18-17-4-2-1-3-14(17)11-22(18)25(20)21-8-6-16(35)13-24(21)27(31,32)33/h1-10,12-13H,11,34-35H2. The second-order valence-corrected chi connectivity index (χ2v) is 8.45. The number of rotatable bonds is 2. The number of nitrogen functional groups attached to an aromatic ring is 2. The maximum atomic E-state index is 14.1. The van der Waals surface area contributed by atoms with Crippen molar-refractivity contribution < 1.29 is 26.3 Å². The van der Waals surface area contributed by atoms with Gasteiger partial charge in [-0.2, -0.15) is 26.3 Å². The Hall–Kier alpha value is -3.94. The molecular formula is C27H18F6N2.